The average molecular weight is 1460 g/mol. The number of methoxy groups -OCH3 is 2. The molecule has 8 heterocycles. The minimum atomic E-state index is -0.706. The maximum absolute atomic E-state index is 12.5. The molecule has 0 aliphatic carbocycles. The lowest BCUT2D eigenvalue weighted by atomic mass is 9.71. The van der Waals surface area contributed by atoms with Crippen LogP contribution in [-0.2, 0) is 45.5 Å². The summed E-state index contributed by atoms with van der Waals surface area (Å²) in [6.45, 7) is 17.0. The van der Waals surface area contributed by atoms with E-state index in [0.29, 0.717) is 86.4 Å². The van der Waals surface area contributed by atoms with E-state index >= 15 is 0 Å². The van der Waals surface area contributed by atoms with Gasteiger partial charge >= 0.3 is 0 Å². The number of fused-ring (bicyclic) bond motifs is 8. The number of aryl methyl sites for hydroxylation is 1. The van der Waals surface area contributed by atoms with Gasteiger partial charge in [-0.1, -0.05) is 177 Å². The van der Waals surface area contributed by atoms with Crippen LogP contribution in [0.15, 0.2) is 262 Å². The zero-order valence-corrected chi connectivity index (χ0v) is 61.6. The van der Waals surface area contributed by atoms with E-state index in [4.69, 9.17) is 44.8 Å². The molecule has 6 aliphatic heterocycles. The molecule has 0 saturated carbocycles. The quantitative estimate of drug-likeness (QED) is 0.0304. The second kappa shape index (κ2) is 37.0. The van der Waals surface area contributed by atoms with Gasteiger partial charge in [0.1, 0.15) is 63.2 Å². The summed E-state index contributed by atoms with van der Waals surface area (Å²) >= 11 is 6.02. The molecule has 6 unspecified atom stereocenters. The van der Waals surface area contributed by atoms with Gasteiger partial charge in [-0.25, -0.2) is 0 Å². The summed E-state index contributed by atoms with van der Waals surface area (Å²) in [5.74, 6) is 7.39. The monoisotopic (exact) mass is 1460 g/mol. The molecular formula is C91H98Cl2N4O9. The Labute approximate surface area is 636 Å². The molecule has 0 spiro atoms. The third-order valence-electron chi connectivity index (χ3n) is 21.4. The SMILES string of the molecule is C.C=CC1CN2CCC1C[C@H]2[C@H](O)c1ccnc2ccc(OC)cc12.C=CC1C[N+]2(Cc3cc(OCc4ccccc4)c(OCc4ccccc4)c(OCc4ccccc4)c3)CCC1C[C@H]2[C@H](O)c1ccnc2ccc(OC)cc12.Cc1cc(CCl)cc(OCc2ccccc2)c1OCc1ccccc1.[Cl-]. The summed E-state index contributed by atoms with van der Waals surface area (Å²) in [6.07, 6.45) is 10.8. The Morgan fingerprint density at radius 2 is 0.943 bits per heavy atom. The van der Waals surface area contributed by atoms with Gasteiger partial charge in [-0.15, -0.1) is 24.8 Å². The number of ether oxygens (including phenoxy) is 7. The van der Waals surface area contributed by atoms with E-state index in [-0.39, 0.29) is 31.9 Å². The number of hydrogen-bond acceptors (Lipinski definition) is 12. The van der Waals surface area contributed by atoms with Crippen molar-refractivity contribution in [3.63, 3.8) is 0 Å². The van der Waals surface area contributed by atoms with Gasteiger partial charge in [0.15, 0.2) is 23.0 Å². The number of hydrogen-bond donors (Lipinski definition) is 2. The highest BCUT2D eigenvalue weighted by Gasteiger charge is 2.54. The molecule has 13 nitrogen and oxygen atoms in total. The number of halogens is 2. The summed E-state index contributed by atoms with van der Waals surface area (Å²) < 4.78 is 43.8. The second-order valence-corrected chi connectivity index (χ2v) is 28.2. The van der Waals surface area contributed by atoms with Crippen LogP contribution in [-0.4, -0.2) is 82.0 Å². The number of rotatable bonds is 26. The van der Waals surface area contributed by atoms with Crippen molar-refractivity contribution >= 4 is 33.4 Å². The van der Waals surface area contributed by atoms with E-state index in [2.05, 4.69) is 88.7 Å². The van der Waals surface area contributed by atoms with Crippen LogP contribution in [0.4, 0.5) is 0 Å². The Hall–Kier alpha value is -9.70. The van der Waals surface area contributed by atoms with Crippen LogP contribution >= 0.6 is 11.6 Å². The summed E-state index contributed by atoms with van der Waals surface area (Å²) in [5.41, 5.74) is 12.1. The number of nitrogens with zero attached hydrogens (tertiary/aromatic N) is 4. The normalized spacial score (nSPS) is 20.1. The highest BCUT2D eigenvalue weighted by Crippen LogP contribution is 2.50. The fourth-order valence-corrected chi connectivity index (χ4v) is 16.0. The lowest BCUT2D eigenvalue weighted by molar-refractivity contribution is -0.984. The molecule has 2 aromatic heterocycles. The third kappa shape index (κ3) is 18.6. The molecule has 6 aliphatic rings. The van der Waals surface area contributed by atoms with Gasteiger partial charge in [-0.2, -0.15) is 0 Å². The summed E-state index contributed by atoms with van der Waals surface area (Å²) in [6, 6.07) is 74.8. The van der Waals surface area contributed by atoms with Crippen LogP contribution in [0.25, 0.3) is 21.8 Å². The number of alkyl halides is 1. The van der Waals surface area contributed by atoms with Crippen molar-refractivity contribution in [3.8, 4) is 40.2 Å². The Morgan fingerprint density at radius 1 is 0.509 bits per heavy atom. The molecule has 106 heavy (non-hydrogen) atoms. The van der Waals surface area contributed by atoms with Crippen LogP contribution in [0.5, 0.6) is 40.2 Å². The molecule has 11 aromatic rings. The van der Waals surface area contributed by atoms with E-state index in [0.717, 1.165) is 150 Å². The average Bonchev–Trinajstić information content (AvgIpc) is 0.734. The first-order valence-electron chi connectivity index (χ1n) is 36.3. The molecule has 17 rings (SSSR count). The van der Waals surface area contributed by atoms with Crippen molar-refractivity contribution in [1.82, 2.24) is 14.9 Å². The van der Waals surface area contributed by atoms with Crippen molar-refractivity contribution in [2.24, 2.45) is 23.7 Å². The number of benzene rings is 9. The molecule has 6 saturated heterocycles. The molecular weight excluding hydrogens is 1360 g/mol. The predicted molar refractivity (Wildman–Crippen MR) is 420 cm³/mol. The standard InChI is InChI=1S/C48H49N2O5.C22H21ClO2.C20H24N2O2.CH4.ClH/c1-3-38-30-50(24-22-39(38)27-44(50)47(51)41-21-23-49-43-20-19-40(52-2)28-42(41)43)29-37-25-45(53-31-34-13-7-4-8-14-34)48(55-33-36-17-11-6-12-18-36)46(26-37)54-32-35-15-9-5-10-16-35;1-17-12-20(14-23)13-21(24-15-18-8-4-2-5-9-18)22(17)25-16-19-10-6-3-7-11-19;1-3-13-12-22-9-7-14(13)10-19(22)20(23)16-6-8-21-18-5-4-15(24-2)11-17(16)18;;/h3-21,23,25-26,28,38-39,44,47,51H,1,22,24,27,29-33H2,2H3;2-13H,14-16H2,1H3;3-6,8,11,13-14,19-20,23H,1,7,9-10,12H2,2H3;1H4;1H/q+1;;;;/p-1/t38?,39?,44-,47+,50?;;13?,14?,19-,20+;;/m0.0../s1. The minimum Gasteiger partial charge on any atom is -1.00 e. The van der Waals surface area contributed by atoms with Crippen LogP contribution in [0.3, 0.4) is 0 Å². The summed E-state index contributed by atoms with van der Waals surface area (Å²) in [5, 5.41) is 25.6. The van der Waals surface area contributed by atoms with Gasteiger partial charge in [0, 0.05) is 66.0 Å². The third-order valence-corrected chi connectivity index (χ3v) is 21.7. The van der Waals surface area contributed by atoms with Crippen LogP contribution in [0, 0.1) is 30.6 Å². The zero-order valence-electron chi connectivity index (χ0n) is 60.1. The van der Waals surface area contributed by atoms with E-state index in [1.54, 1.807) is 20.4 Å². The maximum atomic E-state index is 12.5. The second-order valence-electron chi connectivity index (χ2n) is 27.9. The van der Waals surface area contributed by atoms with Crippen LogP contribution in [0.2, 0.25) is 0 Å². The Bertz CT molecular complexity index is 4570. The smallest absolute Gasteiger partial charge is 0.203 e. The van der Waals surface area contributed by atoms with Gasteiger partial charge in [-0.3, -0.25) is 14.9 Å². The van der Waals surface area contributed by atoms with E-state index in [1.165, 1.54) is 6.42 Å². The van der Waals surface area contributed by atoms with Gasteiger partial charge in [-0.05, 0) is 161 Å². The first kappa shape index (κ1) is 77.4. The summed E-state index contributed by atoms with van der Waals surface area (Å²) in [7, 11) is 3.33. The highest BCUT2D eigenvalue weighted by atomic mass is 35.5. The lowest BCUT2D eigenvalue weighted by Crippen LogP contribution is -3.00. The largest absolute Gasteiger partial charge is 1.00 e. The van der Waals surface area contributed by atoms with Crippen molar-refractivity contribution in [3.05, 3.63) is 318 Å². The highest BCUT2D eigenvalue weighted by molar-refractivity contribution is 6.17. The van der Waals surface area contributed by atoms with Gasteiger partial charge in [0.25, 0.3) is 0 Å². The first-order chi connectivity index (χ1) is 51.0. The zero-order chi connectivity index (χ0) is 71.8. The Morgan fingerprint density at radius 3 is 1.39 bits per heavy atom. The van der Waals surface area contributed by atoms with Crippen LogP contribution in [0.1, 0.15) is 101 Å². The lowest BCUT2D eigenvalue weighted by Gasteiger charge is -2.58. The van der Waals surface area contributed by atoms with E-state index < -0.39 is 12.2 Å². The van der Waals surface area contributed by atoms with Crippen molar-refractivity contribution in [2.75, 3.05) is 40.4 Å². The van der Waals surface area contributed by atoms with Crippen LogP contribution < -0.4 is 45.6 Å². The molecule has 550 valence electrons. The number of aliphatic hydroxyl groups excluding tert-OH is 2. The van der Waals surface area contributed by atoms with Crippen molar-refractivity contribution in [2.45, 2.75) is 110 Å². The molecule has 6 fully saturated rings. The van der Waals surface area contributed by atoms with Crippen molar-refractivity contribution in [1.29, 1.82) is 0 Å². The molecule has 2 N–H and O–H groups in total. The summed E-state index contributed by atoms with van der Waals surface area (Å²) in [4.78, 5) is 11.5. The molecule has 4 bridgehead atoms. The number of piperidine rings is 6. The number of pyridine rings is 2. The van der Waals surface area contributed by atoms with Gasteiger partial charge in [0.2, 0.25) is 5.75 Å². The molecule has 15 heteroatoms. The van der Waals surface area contributed by atoms with E-state index in [9.17, 15) is 10.2 Å². The fraction of sp³-hybridized carbons (Fsp3) is 0.297. The van der Waals surface area contributed by atoms with Gasteiger partial charge < -0.3 is 60.3 Å². The number of aromatic nitrogens is 2. The Balaban J connectivity index is 0.000000182. The predicted octanol–water partition coefficient (Wildman–Crippen LogP) is 16.3. The molecule has 0 amide bonds. The Kier molecular flexibility index (Phi) is 27.0. The topological polar surface area (TPSA) is 134 Å². The van der Waals surface area contributed by atoms with E-state index in [1.807, 2.05) is 189 Å². The molecule has 0 radical (unpaired) electrons. The van der Waals surface area contributed by atoms with Crippen molar-refractivity contribution < 1.29 is 60.3 Å². The number of quaternary nitrogens is 1. The fourth-order valence-electron chi connectivity index (χ4n) is 15.9. The van der Waals surface area contributed by atoms with Gasteiger partial charge in [0.05, 0.1) is 44.4 Å². The maximum Gasteiger partial charge on any atom is 0.203 e. The molecule has 9 aromatic carbocycles. The molecule has 10 atom stereocenters. The first-order valence-corrected chi connectivity index (χ1v) is 36.8. The number of aliphatic hydroxyl groups is 2. The minimum absolute atomic E-state index is 0.